The quantitative estimate of drug-likeness (QED) is 0.692. The minimum Gasteiger partial charge on any atom is -0.444 e. The van der Waals surface area contributed by atoms with Crippen molar-refractivity contribution in [3.05, 3.63) is 53.3 Å². The summed E-state index contributed by atoms with van der Waals surface area (Å²) in [4.78, 5) is 54.7. The van der Waals surface area contributed by atoms with Gasteiger partial charge in [0.15, 0.2) is 0 Å². The molecule has 4 rings (SSSR count). The summed E-state index contributed by atoms with van der Waals surface area (Å²) in [5, 5.41) is 5.01. The molecule has 2 aromatic rings. The van der Waals surface area contributed by atoms with Gasteiger partial charge in [-0.05, 0) is 62.1 Å². The van der Waals surface area contributed by atoms with E-state index in [2.05, 4.69) is 15.6 Å². The van der Waals surface area contributed by atoms with Gasteiger partial charge in [-0.3, -0.25) is 24.7 Å². The lowest BCUT2D eigenvalue weighted by atomic mass is 9.97. The Morgan fingerprint density at radius 2 is 1.97 bits per heavy atom. The van der Waals surface area contributed by atoms with E-state index >= 15 is 0 Å². The Balaban J connectivity index is 1.54. The molecule has 1 saturated heterocycles. The number of aromatic nitrogens is 1. The maximum atomic E-state index is 13.1. The maximum Gasteiger partial charge on any atom is 0.407 e. The molecule has 172 valence electrons. The van der Waals surface area contributed by atoms with Gasteiger partial charge in [0, 0.05) is 24.7 Å². The number of alkyl carbamates (subject to hydrolysis) is 1. The van der Waals surface area contributed by atoms with Gasteiger partial charge in [-0.2, -0.15) is 0 Å². The standard InChI is InChI=1S/C24H26N4O5/c1-24(2,3)33-23(32)26-12-15-11-14(9-10-25-15)16-5-4-6-17-18(16)13-28(22(17)31)19-7-8-20(29)27-21(19)30/h4-6,9-11,19H,7-8,12-13H2,1-3H3,(H,26,32)(H,27,29,30). The number of nitrogens with zero attached hydrogens (tertiary/aromatic N) is 2. The van der Waals surface area contributed by atoms with Gasteiger partial charge in [-0.1, -0.05) is 12.1 Å². The lowest BCUT2D eigenvalue weighted by Crippen LogP contribution is -2.52. The average molecular weight is 450 g/mol. The van der Waals surface area contributed by atoms with E-state index in [1.807, 2.05) is 18.2 Å². The first-order chi connectivity index (χ1) is 15.6. The Labute approximate surface area is 191 Å². The fourth-order valence-electron chi connectivity index (χ4n) is 4.08. The number of pyridine rings is 1. The van der Waals surface area contributed by atoms with E-state index in [1.165, 1.54) is 4.90 Å². The van der Waals surface area contributed by atoms with Crippen LogP contribution < -0.4 is 10.6 Å². The minimum absolute atomic E-state index is 0.194. The number of imide groups is 1. The number of ether oxygens (including phenoxy) is 1. The molecule has 0 radical (unpaired) electrons. The van der Waals surface area contributed by atoms with Crippen LogP contribution in [0.15, 0.2) is 36.5 Å². The van der Waals surface area contributed by atoms with Gasteiger partial charge in [-0.15, -0.1) is 0 Å². The zero-order valence-electron chi connectivity index (χ0n) is 18.8. The van der Waals surface area contributed by atoms with E-state index in [4.69, 9.17) is 4.74 Å². The molecule has 9 heteroatoms. The summed E-state index contributed by atoms with van der Waals surface area (Å²) < 4.78 is 5.26. The lowest BCUT2D eigenvalue weighted by Gasteiger charge is -2.29. The molecule has 1 unspecified atom stereocenters. The molecule has 2 aliphatic heterocycles. The number of benzene rings is 1. The van der Waals surface area contributed by atoms with Crippen LogP contribution in [0.1, 0.15) is 55.2 Å². The Bertz CT molecular complexity index is 1140. The Morgan fingerprint density at radius 3 is 2.70 bits per heavy atom. The number of hydrogen-bond donors (Lipinski definition) is 2. The number of carbonyl (C=O) groups is 4. The Morgan fingerprint density at radius 1 is 1.21 bits per heavy atom. The van der Waals surface area contributed by atoms with Crippen LogP contribution in [0.3, 0.4) is 0 Å². The molecule has 4 amide bonds. The third-order valence-electron chi connectivity index (χ3n) is 5.52. The van der Waals surface area contributed by atoms with Crippen LogP contribution in [0, 0.1) is 0 Å². The third kappa shape index (κ3) is 4.87. The first-order valence-electron chi connectivity index (χ1n) is 10.8. The van der Waals surface area contributed by atoms with Crippen LogP contribution in [-0.4, -0.2) is 45.3 Å². The number of rotatable bonds is 4. The second-order valence-corrected chi connectivity index (χ2v) is 9.12. The molecule has 0 saturated carbocycles. The van der Waals surface area contributed by atoms with Crippen LogP contribution in [0.4, 0.5) is 4.79 Å². The monoisotopic (exact) mass is 450 g/mol. The maximum absolute atomic E-state index is 13.1. The highest BCUT2D eigenvalue weighted by molar-refractivity contribution is 6.06. The van der Waals surface area contributed by atoms with Crippen LogP contribution in [0.25, 0.3) is 11.1 Å². The zero-order valence-corrected chi connectivity index (χ0v) is 18.8. The van der Waals surface area contributed by atoms with E-state index in [1.54, 1.807) is 39.1 Å². The average Bonchev–Trinajstić information content (AvgIpc) is 3.08. The number of fused-ring (bicyclic) bond motifs is 1. The predicted molar refractivity (Wildman–Crippen MR) is 119 cm³/mol. The van der Waals surface area contributed by atoms with Crippen molar-refractivity contribution in [1.29, 1.82) is 0 Å². The molecule has 0 bridgehead atoms. The van der Waals surface area contributed by atoms with Crippen LogP contribution >= 0.6 is 0 Å². The molecule has 0 aliphatic carbocycles. The van der Waals surface area contributed by atoms with Gasteiger partial charge in [0.2, 0.25) is 11.8 Å². The fraction of sp³-hybridized carbons (Fsp3) is 0.375. The second kappa shape index (κ2) is 8.65. The highest BCUT2D eigenvalue weighted by Crippen LogP contribution is 2.34. The van der Waals surface area contributed by atoms with Crippen molar-refractivity contribution in [1.82, 2.24) is 20.5 Å². The molecule has 1 atom stereocenters. The summed E-state index contributed by atoms with van der Waals surface area (Å²) in [6.45, 7) is 5.85. The van der Waals surface area contributed by atoms with E-state index in [0.29, 0.717) is 17.7 Å². The van der Waals surface area contributed by atoms with E-state index in [9.17, 15) is 19.2 Å². The van der Waals surface area contributed by atoms with Gasteiger partial charge < -0.3 is 15.0 Å². The van der Waals surface area contributed by atoms with E-state index < -0.39 is 23.6 Å². The number of piperidine rings is 1. The molecule has 9 nitrogen and oxygen atoms in total. The smallest absolute Gasteiger partial charge is 0.407 e. The minimum atomic E-state index is -0.665. The Kier molecular flexibility index (Phi) is 5.88. The summed E-state index contributed by atoms with van der Waals surface area (Å²) in [6.07, 6.45) is 1.65. The van der Waals surface area contributed by atoms with Crippen molar-refractivity contribution >= 4 is 23.8 Å². The lowest BCUT2D eigenvalue weighted by molar-refractivity contribution is -0.136. The highest BCUT2D eigenvalue weighted by atomic mass is 16.6. The van der Waals surface area contributed by atoms with Crippen LogP contribution in [0.2, 0.25) is 0 Å². The van der Waals surface area contributed by atoms with Gasteiger partial charge in [0.1, 0.15) is 11.6 Å². The summed E-state index contributed by atoms with van der Waals surface area (Å²) in [6, 6.07) is 8.50. The zero-order chi connectivity index (χ0) is 23.8. The molecule has 1 aromatic heterocycles. The number of carbonyl (C=O) groups excluding carboxylic acids is 4. The molecule has 2 N–H and O–H groups in total. The molecular weight excluding hydrogens is 424 g/mol. The van der Waals surface area contributed by atoms with Crippen molar-refractivity contribution < 1.29 is 23.9 Å². The molecular formula is C24H26N4O5. The normalized spacial score (nSPS) is 18.1. The largest absolute Gasteiger partial charge is 0.444 e. The summed E-state index contributed by atoms with van der Waals surface area (Å²) in [5.41, 5.74) is 3.12. The van der Waals surface area contributed by atoms with Gasteiger partial charge in [0.25, 0.3) is 5.91 Å². The summed E-state index contributed by atoms with van der Waals surface area (Å²) >= 11 is 0. The van der Waals surface area contributed by atoms with Crippen molar-refractivity contribution in [2.45, 2.75) is 58.3 Å². The number of amides is 4. The van der Waals surface area contributed by atoms with Gasteiger partial charge in [-0.25, -0.2) is 4.79 Å². The topological polar surface area (TPSA) is 118 Å². The predicted octanol–water partition coefficient (Wildman–Crippen LogP) is 2.53. The number of hydrogen-bond acceptors (Lipinski definition) is 6. The van der Waals surface area contributed by atoms with Crippen molar-refractivity contribution in [3.63, 3.8) is 0 Å². The summed E-state index contributed by atoms with van der Waals surface area (Å²) in [7, 11) is 0. The first kappa shape index (κ1) is 22.4. The molecule has 33 heavy (non-hydrogen) atoms. The Hall–Kier alpha value is -3.75. The number of nitrogens with one attached hydrogen (secondary N) is 2. The van der Waals surface area contributed by atoms with Crippen molar-refractivity contribution in [2.24, 2.45) is 0 Å². The third-order valence-corrected chi connectivity index (χ3v) is 5.52. The first-order valence-corrected chi connectivity index (χ1v) is 10.8. The van der Waals surface area contributed by atoms with Gasteiger partial charge >= 0.3 is 6.09 Å². The molecule has 2 aliphatic rings. The van der Waals surface area contributed by atoms with Crippen LogP contribution in [-0.2, 0) is 27.4 Å². The summed E-state index contributed by atoms with van der Waals surface area (Å²) in [5.74, 6) is -0.971. The van der Waals surface area contributed by atoms with Crippen molar-refractivity contribution in [3.8, 4) is 11.1 Å². The van der Waals surface area contributed by atoms with Crippen molar-refractivity contribution in [2.75, 3.05) is 0 Å². The second-order valence-electron chi connectivity index (χ2n) is 9.12. The molecule has 1 fully saturated rings. The highest BCUT2D eigenvalue weighted by Gasteiger charge is 2.39. The fourth-order valence-corrected chi connectivity index (χ4v) is 4.08. The molecule has 3 heterocycles. The van der Waals surface area contributed by atoms with Gasteiger partial charge in [0.05, 0.1) is 12.2 Å². The molecule has 1 aromatic carbocycles. The molecule has 0 spiro atoms. The SMILES string of the molecule is CC(C)(C)OC(=O)NCc1cc(-c2cccc3c2CN(C2CCC(=O)NC2=O)C3=O)ccn1. The van der Waals surface area contributed by atoms with E-state index in [-0.39, 0.29) is 31.3 Å². The van der Waals surface area contributed by atoms with Crippen LogP contribution in [0.5, 0.6) is 0 Å². The van der Waals surface area contributed by atoms with E-state index in [0.717, 1.165) is 16.7 Å².